The van der Waals surface area contributed by atoms with E-state index >= 15 is 0 Å². The van der Waals surface area contributed by atoms with Crippen molar-refractivity contribution in [3.05, 3.63) is 118 Å². The molecule has 0 amide bonds. The van der Waals surface area contributed by atoms with E-state index in [9.17, 15) is 0 Å². The van der Waals surface area contributed by atoms with Crippen LogP contribution in [0, 0.1) is 5.92 Å². The van der Waals surface area contributed by atoms with Crippen molar-refractivity contribution < 1.29 is 9.47 Å². The number of hydrogen-bond donors (Lipinski definition) is 2. The van der Waals surface area contributed by atoms with E-state index in [2.05, 4.69) is 140 Å². The van der Waals surface area contributed by atoms with Crippen LogP contribution in [0.2, 0.25) is 0 Å². The van der Waals surface area contributed by atoms with Gasteiger partial charge in [-0.2, -0.15) is 0 Å². The molecule has 0 aliphatic carbocycles. The maximum absolute atomic E-state index is 6.12. The molecule has 2 heterocycles. The number of aliphatic imine (C=N–C) groups is 1. The first-order chi connectivity index (χ1) is 22.1. The summed E-state index contributed by atoms with van der Waals surface area (Å²) in [5, 5.41) is 7.07. The summed E-state index contributed by atoms with van der Waals surface area (Å²) >= 11 is 2.33. The van der Waals surface area contributed by atoms with Crippen LogP contribution in [-0.4, -0.2) is 36.9 Å². The molecule has 1 atom stereocenters. The number of amidine groups is 1. The number of halogens is 1. The highest BCUT2D eigenvalue weighted by atomic mass is 127. The van der Waals surface area contributed by atoms with Crippen LogP contribution in [-0.2, 0) is 9.47 Å². The van der Waals surface area contributed by atoms with Crippen LogP contribution in [0.3, 0.4) is 0 Å². The lowest BCUT2D eigenvalue weighted by atomic mass is 9.90. The van der Waals surface area contributed by atoms with Gasteiger partial charge in [0.1, 0.15) is 30.6 Å². The van der Waals surface area contributed by atoms with Crippen molar-refractivity contribution in [2.75, 3.05) is 26.8 Å². The fourth-order valence-corrected chi connectivity index (χ4v) is 6.29. The zero-order chi connectivity index (χ0) is 33.8. The van der Waals surface area contributed by atoms with Crippen molar-refractivity contribution in [1.82, 2.24) is 14.9 Å². The Balaban J connectivity index is 2.32. The quantitative estimate of drug-likeness (QED) is 0.193. The van der Waals surface area contributed by atoms with E-state index in [1.165, 1.54) is 11.1 Å². The zero-order valence-electron chi connectivity index (χ0n) is 28.8. The van der Waals surface area contributed by atoms with E-state index in [0.29, 0.717) is 43.1 Å². The van der Waals surface area contributed by atoms with Crippen molar-refractivity contribution in [3.63, 3.8) is 0 Å². The minimum Gasteiger partial charge on any atom is -0.491 e. The lowest BCUT2D eigenvalue weighted by Crippen LogP contribution is -2.23. The Bertz CT molecular complexity index is 1500. The standard InChI is InChI=1S/C38H51IN4O2S/c1-11-26(6)14-15-30-20-28(8)44-18-19-45-33(13-3)22-32-21-31(16-17-34(32)25(4)5)35-24-43(46-39)38(36(35)29(9)41-23-30)42-37(40-10)27(7)12-2/h13-17,20-22,24-26,40-41H,3,8,11-12,18-19,23H2,1-2,4-7,9-10H3/b15-14-,30-20+,33-22+,36-29+,37-27+,42-38+. The molecule has 0 saturated heterocycles. The van der Waals surface area contributed by atoms with Gasteiger partial charge in [0.15, 0.2) is 5.84 Å². The molecule has 46 heavy (non-hydrogen) atoms. The van der Waals surface area contributed by atoms with E-state index in [1.807, 2.05) is 13.1 Å². The minimum atomic E-state index is 0.329. The first kappa shape index (κ1) is 37.3. The van der Waals surface area contributed by atoms with Gasteiger partial charge in [0, 0.05) is 67.0 Å². The van der Waals surface area contributed by atoms with E-state index in [-0.39, 0.29) is 0 Å². The van der Waals surface area contributed by atoms with E-state index in [0.717, 1.165) is 58.0 Å². The summed E-state index contributed by atoms with van der Waals surface area (Å²) in [5.41, 5.74) is 8.89. The summed E-state index contributed by atoms with van der Waals surface area (Å²) in [6.45, 7) is 24.8. The van der Waals surface area contributed by atoms with Crippen molar-refractivity contribution in [3.8, 4) is 0 Å². The fourth-order valence-electron chi connectivity index (χ4n) is 5.05. The van der Waals surface area contributed by atoms with Gasteiger partial charge in [-0.25, -0.2) is 4.99 Å². The molecule has 1 aromatic rings. The third-order valence-electron chi connectivity index (χ3n) is 8.13. The van der Waals surface area contributed by atoms with Gasteiger partial charge in [0.25, 0.3) is 0 Å². The normalized spacial score (nSPS) is 22.4. The molecule has 6 nitrogen and oxygen atoms in total. The molecule has 2 bridgehead atoms. The molecule has 8 heteroatoms. The molecular formula is C38H51IN4O2S. The van der Waals surface area contributed by atoms with Crippen molar-refractivity contribution in [2.45, 2.75) is 67.2 Å². The van der Waals surface area contributed by atoms with Crippen LogP contribution in [0.4, 0.5) is 0 Å². The van der Waals surface area contributed by atoms with Gasteiger partial charge in [0.2, 0.25) is 0 Å². The Kier molecular flexibility index (Phi) is 14.8. The number of rotatable bonds is 9. The SMILES string of the molecule is C=C/C1=C\c2cc(ccc2C(C)C)C2=CN(SI)C(=N/C(NC)=C(\C)CC)/C2=C(\C)NCC(/C=C\C(C)CC)=C/C(=C)OCCO1. The van der Waals surface area contributed by atoms with Crippen molar-refractivity contribution in [2.24, 2.45) is 10.9 Å². The van der Waals surface area contributed by atoms with Crippen LogP contribution >= 0.6 is 30.3 Å². The third kappa shape index (κ3) is 9.94. The average molecular weight is 755 g/mol. The summed E-state index contributed by atoms with van der Waals surface area (Å²) in [6, 6.07) is 6.70. The molecule has 0 radical (unpaired) electrons. The second-order valence-electron chi connectivity index (χ2n) is 11.8. The molecule has 1 unspecified atom stereocenters. The molecule has 1 aromatic carbocycles. The average Bonchev–Trinajstić information content (AvgIpc) is 3.42. The smallest absolute Gasteiger partial charge is 0.155 e. The summed E-state index contributed by atoms with van der Waals surface area (Å²) in [6.07, 6.45) is 14.4. The molecule has 2 aliphatic heterocycles. The summed E-state index contributed by atoms with van der Waals surface area (Å²) in [4.78, 5) is 5.23. The van der Waals surface area contributed by atoms with Crippen molar-refractivity contribution in [1.29, 1.82) is 0 Å². The van der Waals surface area contributed by atoms with Crippen LogP contribution in [0.5, 0.6) is 0 Å². The maximum atomic E-state index is 6.12. The van der Waals surface area contributed by atoms with Crippen LogP contribution in [0.15, 0.2) is 107 Å². The number of ether oxygens (including phenoxy) is 2. The molecule has 2 aliphatic rings. The first-order valence-corrected chi connectivity index (χ1v) is 19.4. The van der Waals surface area contributed by atoms with Gasteiger partial charge in [-0.1, -0.05) is 78.5 Å². The Morgan fingerprint density at radius 3 is 2.57 bits per heavy atom. The molecule has 0 spiro atoms. The number of nitrogens with zero attached hydrogens (tertiary/aromatic N) is 2. The Morgan fingerprint density at radius 2 is 1.93 bits per heavy atom. The molecule has 3 rings (SSSR count). The Labute approximate surface area is 294 Å². The monoisotopic (exact) mass is 754 g/mol. The first-order valence-electron chi connectivity index (χ1n) is 16.1. The third-order valence-corrected chi connectivity index (χ3v) is 9.83. The van der Waals surface area contributed by atoms with E-state index < -0.39 is 0 Å². The second-order valence-corrected chi connectivity index (χ2v) is 13.5. The predicted molar refractivity (Wildman–Crippen MR) is 208 cm³/mol. The summed E-state index contributed by atoms with van der Waals surface area (Å²) in [5.74, 6) is 3.84. The number of allylic oxidation sites excluding steroid dienone is 5. The highest BCUT2D eigenvalue weighted by molar-refractivity contribution is 14.2. The predicted octanol–water partition coefficient (Wildman–Crippen LogP) is 10.2. The van der Waals surface area contributed by atoms with E-state index in [1.54, 1.807) is 15.2 Å². The molecule has 0 fully saturated rings. The Morgan fingerprint density at radius 1 is 1.20 bits per heavy atom. The summed E-state index contributed by atoms with van der Waals surface area (Å²) in [7, 11) is 3.54. The lowest BCUT2D eigenvalue weighted by Gasteiger charge is -2.19. The molecule has 2 N–H and O–H groups in total. The lowest BCUT2D eigenvalue weighted by molar-refractivity contribution is 0.129. The number of benzene rings is 1. The summed E-state index contributed by atoms with van der Waals surface area (Å²) < 4.78 is 14.2. The number of fused-ring (bicyclic) bond motifs is 4. The van der Waals surface area contributed by atoms with Gasteiger partial charge in [-0.05, 0) is 84.2 Å². The molecule has 0 saturated carbocycles. The fraction of sp³-hybridized carbons (Fsp3) is 0.395. The van der Waals surface area contributed by atoms with Crippen LogP contribution in [0.25, 0.3) is 11.6 Å². The molecular weight excluding hydrogens is 703 g/mol. The van der Waals surface area contributed by atoms with Gasteiger partial charge in [0.05, 0.1) is 0 Å². The zero-order valence-corrected chi connectivity index (χ0v) is 31.8. The van der Waals surface area contributed by atoms with Crippen LogP contribution in [0.1, 0.15) is 83.9 Å². The highest BCUT2D eigenvalue weighted by Crippen LogP contribution is 2.40. The van der Waals surface area contributed by atoms with Gasteiger partial charge in [-0.15, -0.1) is 0 Å². The largest absolute Gasteiger partial charge is 0.491 e. The number of nitrogens with one attached hydrogen (secondary N) is 2. The highest BCUT2D eigenvalue weighted by Gasteiger charge is 2.30. The number of hydrogen-bond acceptors (Lipinski definition) is 6. The van der Waals surface area contributed by atoms with Gasteiger partial charge in [-0.3, -0.25) is 4.31 Å². The van der Waals surface area contributed by atoms with Gasteiger partial charge >= 0.3 is 0 Å². The molecule has 248 valence electrons. The maximum Gasteiger partial charge on any atom is 0.155 e. The van der Waals surface area contributed by atoms with Gasteiger partial charge < -0.3 is 20.1 Å². The van der Waals surface area contributed by atoms with Crippen molar-refractivity contribution >= 4 is 47.8 Å². The Hall–Kier alpha value is -3.11. The molecule has 0 aromatic heterocycles. The van der Waals surface area contributed by atoms with Crippen LogP contribution < -0.4 is 10.6 Å². The minimum absolute atomic E-state index is 0.329. The topological polar surface area (TPSA) is 58.1 Å². The second kappa shape index (κ2) is 18.3. The van der Waals surface area contributed by atoms with E-state index in [4.69, 9.17) is 14.5 Å².